The number of pyridine rings is 2. The maximum Gasteiger partial charge on any atom is 0.174 e. The van der Waals surface area contributed by atoms with Gasteiger partial charge in [0, 0.05) is 49.0 Å². The van der Waals surface area contributed by atoms with Crippen LogP contribution >= 0.6 is 23.8 Å². The van der Waals surface area contributed by atoms with E-state index < -0.39 is 0 Å². The van der Waals surface area contributed by atoms with E-state index in [0.29, 0.717) is 29.1 Å². The van der Waals surface area contributed by atoms with E-state index in [2.05, 4.69) is 30.8 Å². The number of aromatic nitrogens is 3. The van der Waals surface area contributed by atoms with Gasteiger partial charge in [-0.3, -0.25) is 9.97 Å². The van der Waals surface area contributed by atoms with E-state index in [0.717, 1.165) is 22.8 Å². The van der Waals surface area contributed by atoms with Crippen LogP contribution < -0.4 is 15.0 Å². The van der Waals surface area contributed by atoms with Crippen molar-refractivity contribution in [1.29, 1.82) is 0 Å². The molecule has 178 valence electrons. The highest BCUT2D eigenvalue weighted by Gasteiger charge is 2.42. The Kier molecular flexibility index (Phi) is 6.94. The molecule has 4 aromatic rings. The van der Waals surface area contributed by atoms with Crippen LogP contribution in [0.3, 0.4) is 0 Å². The zero-order chi connectivity index (χ0) is 24.2. The van der Waals surface area contributed by atoms with Gasteiger partial charge in [0.25, 0.3) is 0 Å². The maximum absolute atomic E-state index is 6.61. The summed E-state index contributed by atoms with van der Waals surface area (Å²) in [5.41, 5.74) is 3.82. The number of anilines is 1. The summed E-state index contributed by atoms with van der Waals surface area (Å²) in [5.74, 6) is 0.600. The Morgan fingerprint density at radius 3 is 2.60 bits per heavy atom. The quantitative estimate of drug-likeness (QED) is 0.263. The van der Waals surface area contributed by atoms with Gasteiger partial charge in [0.1, 0.15) is 18.4 Å². The average Bonchev–Trinajstić information content (AvgIpc) is 3.50. The molecule has 0 unspecified atom stereocenters. The van der Waals surface area contributed by atoms with Crippen molar-refractivity contribution < 1.29 is 9.47 Å². The molecule has 1 saturated heterocycles. The van der Waals surface area contributed by atoms with E-state index in [1.165, 1.54) is 0 Å². The Hall–Kier alpha value is -3.46. The number of thiocarbonyl (C=S) groups is 1. The van der Waals surface area contributed by atoms with Gasteiger partial charge < -0.3 is 24.3 Å². The molecule has 0 aliphatic carbocycles. The van der Waals surface area contributed by atoms with Gasteiger partial charge in [-0.05, 0) is 66.8 Å². The lowest BCUT2D eigenvalue weighted by Gasteiger charge is -2.29. The van der Waals surface area contributed by atoms with Gasteiger partial charge in [-0.2, -0.15) is 0 Å². The minimum absolute atomic E-state index is 0.171. The van der Waals surface area contributed by atoms with Crippen LogP contribution in [0.4, 0.5) is 5.69 Å². The van der Waals surface area contributed by atoms with Crippen LogP contribution in [0.15, 0.2) is 85.5 Å². The second kappa shape index (κ2) is 10.4. The monoisotopic (exact) mass is 505 g/mol. The number of hydrogen-bond donors (Lipinski definition) is 1. The Morgan fingerprint density at radius 1 is 1.00 bits per heavy atom. The summed E-state index contributed by atoms with van der Waals surface area (Å²) in [6, 6.07) is 19.4. The molecule has 1 aliphatic heterocycles. The largest absolute Gasteiger partial charge is 0.490 e. The summed E-state index contributed by atoms with van der Waals surface area (Å²) < 4.78 is 13.0. The first-order chi connectivity index (χ1) is 17.2. The van der Waals surface area contributed by atoms with Gasteiger partial charge in [0.2, 0.25) is 0 Å². The molecule has 0 saturated carbocycles. The number of nitrogens with one attached hydrogen (secondary N) is 1. The van der Waals surface area contributed by atoms with E-state index in [1.807, 2.05) is 60.8 Å². The van der Waals surface area contributed by atoms with E-state index in [-0.39, 0.29) is 12.1 Å². The van der Waals surface area contributed by atoms with Gasteiger partial charge in [-0.25, -0.2) is 0 Å². The molecule has 1 aromatic carbocycles. The molecule has 2 atom stereocenters. The molecule has 0 amide bonds. The predicted octanol–water partition coefficient (Wildman–Crippen LogP) is 5.12. The van der Waals surface area contributed by atoms with Crippen molar-refractivity contribution in [2.45, 2.75) is 12.1 Å². The summed E-state index contributed by atoms with van der Waals surface area (Å²) in [5, 5.41) is 4.59. The molecule has 9 heteroatoms. The molecule has 5 rings (SSSR count). The molecule has 1 aliphatic rings. The molecule has 3 aromatic heterocycles. The van der Waals surface area contributed by atoms with Gasteiger partial charge in [0.15, 0.2) is 5.11 Å². The zero-order valence-electron chi connectivity index (χ0n) is 19.0. The molecular weight excluding hydrogens is 482 g/mol. The van der Waals surface area contributed by atoms with Crippen molar-refractivity contribution in [3.8, 4) is 11.4 Å². The maximum atomic E-state index is 6.61. The number of hydrogen-bond acceptors (Lipinski definition) is 5. The fraction of sp³-hybridized carbons (Fsp3) is 0.192. The van der Waals surface area contributed by atoms with Crippen molar-refractivity contribution >= 4 is 34.6 Å². The number of benzene rings is 1. The molecule has 7 nitrogen and oxygen atoms in total. The van der Waals surface area contributed by atoms with Crippen molar-refractivity contribution in [3.05, 3.63) is 102 Å². The van der Waals surface area contributed by atoms with E-state index in [1.54, 1.807) is 25.7 Å². The molecule has 35 heavy (non-hydrogen) atoms. The number of halogens is 1. The minimum Gasteiger partial charge on any atom is -0.490 e. The second-order valence-corrected chi connectivity index (χ2v) is 8.75. The fourth-order valence-corrected chi connectivity index (χ4v) is 4.88. The molecule has 0 bridgehead atoms. The van der Waals surface area contributed by atoms with Crippen molar-refractivity contribution in [1.82, 2.24) is 19.9 Å². The summed E-state index contributed by atoms with van der Waals surface area (Å²) in [6.45, 7) is 0.904. The first-order valence-electron chi connectivity index (χ1n) is 11.2. The van der Waals surface area contributed by atoms with Crippen molar-refractivity contribution in [3.63, 3.8) is 0 Å². The van der Waals surface area contributed by atoms with Crippen LogP contribution in [0.1, 0.15) is 23.5 Å². The summed E-state index contributed by atoms with van der Waals surface area (Å²) >= 11 is 12.5. The topological polar surface area (TPSA) is 64.4 Å². The lowest BCUT2D eigenvalue weighted by molar-refractivity contribution is 0.146. The third-order valence-electron chi connectivity index (χ3n) is 5.86. The first kappa shape index (κ1) is 23.3. The Labute approximate surface area is 214 Å². The van der Waals surface area contributed by atoms with Crippen LogP contribution in [0.25, 0.3) is 5.69 Å². The SMILES string of the molecule is COCCOc1ccc(N2C(=S)N[C@H](c3ccccn3)[C@@H]2c2cccn2-c2ccncc2)cc1Cl. The first-order valence-corrected chi connectivity index (χ1v) is 12.0. The smallest absolute Gasteiger partial charge is 0.174 e. The lowest BCUT2D eigenvalue weighted by atomic mass is 10.0. The molecule has 4 heterocycles. The standard InChI is InChI=1S/C26H24ClN5O2S/c1-33-15-16-34-23-8-7-19(17-20(23)27)32-25(24(30-26(32)35)21-5-2-3-11-29-21)22-6-4-14-31(22)18-9-12-28-13-10-18/h2-14,17,24-25H,15-16H2,1H3,(H,30,35)/t24-,25+/m1/s1. The van der Waals surface area contributed by atoms with Crippen LogP contribution in [0, 0.1) is 0 Å². The normalized spacial score (nSPS) is 17.4. The highest BCUT2D eigenvalue weighted by atomic mass is 35.5. The molecule has 0 spiro atoms. The van der Waals surface area contributed by atoms with Crippen molar-refractivity contribution in [2.75, 3.05) is 25.2 Å². The number of ether oxygens (including phenoxy) is 2. The summed E-state index contributed by atoms with van der Waals surface area (Å²) in [4.78, 5) is 10.9. The Balaban J connectivity index is 1.58. The minimum atomic E-state index is -0.183. The lowest BCUT2D eigenvalue weighted by Crippen LogP contribution is -2.30. The van der Waals surface area contributed by atoms with E-state index in [9.17, 15) is 0 Å². The van der Waals surface area contributed by atoms with Crippen LogP contribution in [-0.4, -0.2) is 40.0 Å². The van der Waals surface area contributed by atoms with Gasteiger partial charge >= 0.3 is 0 Å². The third-order valence-corrected chi connectivity index (χ3v) is 6.47. The van der Waals surface area contributed by atoms with E-state index >= 15 is 0 Å². The van der Waals surface area contributed by atoms with Crippen LogP contribution in [0.2, 0.25) is 5.02 Å². The molecular formula is C26H24ClN5O2S. The molecule has 0 radical (unpaired) electrons. The van der Waals surface area contributed by atoms with Crippen LogP contribution in [0.5, 0.6) is 5.75 Å². The van der Waals surface area contributed by atoms with Gasteiger partial charge in [-0.15, -0.1) is 0 Å². The van der Waals surface area contributed by atoms with E-state index in [4.69, 9.17) is 33.3 Å². The summed E-state index contributed by atoms with van der Waals surface area (Å²) in [6.07, 6.45) is 7.41. The van der Waals surface area contributed by atoms with Gasteiger partial charge in [-0.1, -0.05) is 17.7 Å². The average molecular weight is 506 g/mol. The predicted molar refractivity (Wildman–Crippen MR) is 140 cm³/mol. The van der Waals surface area contributed by atoms with Crippen LogP contribution in [-0.2, 0) is 4.74 Å². The fourth-order valence-electron chi connectivity index (χ4n) is 4.30. The summed E-state index contributed by atoms with van der Waals surface area (Å²) in [7, 11) is 1.63. The number of nitrogens with zero attached hydrogens (tertiary/aromatic N) is 4. The Morgan fingerprint density at radius 2 is 1.86 bits per heavy atom. The highest BCUT2D eigenvalue weighted by molar-refractivity contribution is 7.80. The zero-order valence-corrected chi connectivity index (χ0v) is 20.6. The molecule has 1 N–H and O–H groups in total. The highest BCUT2D eigenvalue weighted by Crippen LogP contribution is 2.43. The molecule has 1 fully saturated rings. The number of methoxy groups -OCH3 is 1. The second-order valence-electron chi connectivity index (χ2n) is 7.96. The van der Waals surface area contributed by atoms with Gasteiger partial charge in [0.05, 0.1) is 23.4 Å². The van der Waals surface area contributed by atoms with Crippen molar-refractivity contribution in [2.24, 2.45) is 0 Å². The Bertz CT molecular complexity index is 1300. The third kappa shape index (κ3) is 4.73. The number of rotatable bonds is 8.